The van der Waals surface area contributed by atoms with Gasteiger partial charge in [0.2, 0.25) is 17.7 Å². The number of nitrogens with two attached hydrogens (primary N) is 1. The van der Waals surface area contributed by atoms with Gasteiger partial charge in [-0.25, -0.2) is 53.8 Å². The molecule has 0 fully saturated rings. The highest BCUT2D eigenvalue weighted by Gasteiger charge is 2.21. The second-order valence-electron chi connectivity index (χ2n) is 8.88. The van der Waals surface area contributed by atoms with Gasteiger partial charge in [0, 0.05) is 71.2 Å². The third kappa shape index (κ3) is 20.2. The van der Waals surface area contributed by atoms with E-state index >= 15 is 0 Å². The Labute approximate surface area is 332 Å². The van der Waals surface area contributed by atoms with Gasteiger partial charge in [-0.1, -0.05) is 63.7 Å². The Morgan fingerprint density at radius 2 is 0.981 bits per heavy atom. The number of nitrogens with one attached hydrogen (secondary N) is 3. The maximum atomic E-state index is 11.6. The van der Waals surface area contributed by atoms with Crippen LogP contribution in [0.25, 0.3) is 0 Å². The molecule has 0 aliphatic carbocycles. The van der Waals surface area contributed by atoms with Gasteiger partial charge in [-0.05, 0) is 0 Å². The van der Waals surface area contributed by atoms with Gasteiger partial charge < -0.3 is 21.7 Å². The summed E-state index contributed by atoms with van der Waals surface area (Å²) in [4.78, 5) is 46.5. The molecule has 19 nitrogen and oxygen atoms in total. The Balaban J connectivity index is -0.000000298. The van der Waals surface area contributed by atoms with Crippen LogP contribution in [0.3, 0.4) is 0 Å². The van der Waals surface area contributed by atoms with Crippen LogP contribution in [0.5, 0.6) is 0 Å². The number of rotatable bonds is 8. The minimum absolute atomic E-state index is 0. The number of sulfonamides is 2. The van der Waals surface area contributed by atoms with E-state index in [0.717, 1.165) is 48.8 Å². The summed E-state index contributed by atoms with van der Waals surface area (Å²) < 4.78 is 69.9. The van der Waals surface area contributed by atoms with Gasteiger partial charge in [-0.15, -0.1) is 11.3 Å². The van der Waals surface area contributed by atoms with E-state index in [1.54, 1.807) is 6.20 Å². The Bertz CT molecular complexity index is 2030. The summed E-state index contributed by atoms with van der Waals surface area (Å²) in [5.41, 5.74) is 5.30. The fourth-order valence-corrected chi connectivity index (χ4v) is 9.08. The maximum Gasteiger partial charge on any atom is 0.272 e. The molecular weight excluding hydrogens is 856 g/mol. The predicted molar refractivity (Wildman–Crippen MR) is 217 cm³/mol. The van der Waals surface area contributed by atoms with E-state index in [2.05, 4.69) is 35.9 Å². The second-order valence-corrected chi connectivity index (χ2v) is 20.4. The molecule has 3 amide bonds. The van der Waals surface area contributed by atoms with Crippen molar-refractivity contribution in [2.24, 2.45) is 0 Å². The number of carbonyl (C=O) groups excluding carboxylic acids is 3. The summed E-state index contributed by atoms with van der Waals surface area (Å²) in [7, 11) is 0.299. The molecule has 0 unspecified atom stereocenters. The van der Waals surface area contributed by atoms with Gasteiger partial charge in [0.25, 0.3) is 29.1 Å². The number of thiazole rings is 4. The quantitative estimate of drug-likeness (QED) is 0.170. The molecule has 4 aromatic heterocycles. The highest BCUT2D eigenvalue weighted by Crippen LogP contribution is 2.26. The summed E-state index contributed by atoms with van der Waals surface area (Å²) in [6.07, 6.45) is 5.23. The molecule has 0 aromatic carbocycles. The minimum atomic E-state index is -3.74. The molecule has 0 radical (unpaired) electrons. The van der Waals surface area contributed by atoms with Gasteiger partial charge in [-0.2, -0.15) is 0 Å². The summed E-state index contributed by atoms with van der Waals surface area (Å²) >= 11 is 4.10. The summed E-state index contributed by atoms with van der Waals surface area (Å²) in [6, 6.07) is 0. The molecule has 4 rings (SSSR count). The highest BCUT2D eigenvalue weighted by atomic mass is 35.7. The van der Waals surface area contributed by atoms with Gasteiger partial charge >= 0.3 is 0 Å². The summed E-state index contributed by atoms with van der Waals surface area (Å²) in [6.45, 7) is 4.10. The topological polar surface area (TPSA) is 274 Å². The van der Waals surface area contributed by atoms with Crippen LogP contribution in [0.2, 0.25) is 0 Å². The largest absolute Gasteiger partial charge is 0.375 e. The fraction of sp³-hybridized carbons (Fsp3) is 0.423. The van der Waals surface area contributed by atoms with E-state index in [1.165, 1.54) is 72.7 Å². The Hall–Kier alpha value is -3.21. The fourth-order valence-electron chi connectivity index (χ4n) is 2.35. The lowest BCUT2D eigenvalue weighted by Crippen LogP contribution is -2.21. The molecule has 0 saturated carbocycles. The van der Waals surface area contributed by atoms with Crippen LogP contribution in [-0.2, 0) is 43.5 Å². The van der Waals surface area contributed by atoms with Crippen LogP contribution in [0.4, 0.5) is 20.5 Å². The van der Waals surface area contributed by atoms with Crippen LogP contribution in [0, 0.1) is 0 Å². The Kier molecular flexibility index (Phi) is 26.6. The molecule has 0 saturated heterocycles. The number of hydrogen-bond donors (Lipinski definition) is 4. The van der Waals surface area contributed by atoms with Crippen molar-refractivity contribution in [1.29, 1.82) is 0 Å². The van der Waals surface area contributed by atoms with Crippen molar-refractivity contribution in [3.8, 4) is 0 Å². The molecule has 4 heterocycles. The van der Waals surface area contributed by atoms with Crippen molar-refractivity contribution in [3.63, 3.8) is 0 Å². The summed E-state index contributed by atoms with van der Waals surface area (Å²) in [5.74, 6) is -0.670. The maximum absolute atomic E-state index is 11.6. The molecular formula is C26H47ClN10O9S7. The van der Waals surface area contributed by atoms with Crippen molar-refractivity contribution in [3.05, 3.63) is 30.2 Å². The molecule has 4 aromatic rings. The van der Waals surface area contributed by atoms with Gasteiger partial charge in [0.1, 0.15) is 0 Å². The first-order valence-electron chi connectivity index (χ1n) is 12.6. The van der Waals surface area contributed by atoms with Crippen LogP contribution < -0.4 is 21.7 Å². The number of amides is 3. The molecule has 53 heavy (non-hydrogen) atoms. The lowest BCUT2D eigenvalue weighted by Gasteiger charge is -2.07. The van der Waals surface area contributed by atoms with Crippen LogP contribution in [-0.4, -0.2) is 99.7 Å². The Morgan fingerprint density at radius 3 is 1.28 bits per heavy atom. The molecule has 5 N–H and O–H groups in total. The van der Waals surface area contributed by atoms with Crippen molar-refractivity contribution < 1.29 is 39.6 Å². The lowest BCUT2D eigenvalue weighted by atomic mass is 10.7. The zero-order valence-electron chi connectivity index (χ0n) is 26.6. The normalized spacial score (nSPS) is 10.4. The van der Waals surface area contributed by atoms with Gasteiger partial charge in [0.15, 0.2) is 33.2 Å². The number of hydrogen-bond acceptors (Lipinski definition) is 18. The monoisotopic (exact) mass is 902 g/mol. The van der Waals surface area contributed by atoms with Crippen LogP contribution >= 0.6 is 56.0 Å². The average Bonchev–Trinajstić information content (AvgIpc) is 3.77. The number of carbonyl (C=O) groups is 3. The zero-order valence-corrected chi connectivity index (χ0v) is 33.0. The molecule has 0 aliphatic rings. The molecule has 0 spiro atoms. The SMILES string of the molecule is C.C.C.C.CC(=O)Nc1ncc(S(=O)(=O)Cl)s1.CC(=O)Nc1ncc(S(=O)(=O)N(C)C)s1.CC(=O)Nc1nccs1.CN(C)S(=O)(=O)c1cnc(N)s1. The molecule has 0 atom stereocenters. The zero-order chi connectivity index (χ0) is 37.7. The van der Waals surface area contributed by atoms with E-state index < -0.39 is 29.1 Å². The van der Waals surface area contributed by atoms with Crippen molar-refractivity contribution >= 4 is 123 Å². The number of halogens is 1. The van der Waals surface area contributed by atoms with Crippen LogP contribution in [0.15, 0.2) is 42.8 Å². The summed E-state index contributed by atoms with van der Waals surface area (Å²) in [5, 5.41) is 10.5. The standard InChI is InChI=1S/C7H11N3O3S2.C5H5ClN2O3S2.C5H9N3O2S2.C5H6N2OS.4CH4/c1-5(11)9-7-8-4-6(14-7)15(12,13)10(2)3;1-3(9)8-5-7-2-4(12-5)13(6,10)11;1-8(2)12(9,10)4-3-7-5(6)11-4;1-4(8)7-5-6-2-3-9-5;;;;/h4H,1-3H3,(H,8,9,11);2H,1H3,(H,7,8,9);3H,1-2H3,(H2,6,7);2-3H,1H3,(H,6,7,8);4*1H4. The van der Waals surface area contributed by atoms with Crippen LogP contribution in [0.1, 0.15) is 50.5 Å². The number of anilines is 4. The van der Waals surface area contributed by atoms with Crippen molar-refractivity contribution in [2.45, 2.75) is 63.1 Å². The minimum Gasteiger partial charge on any atom is -0.375 e. The van der Waals surface area contributed by atoms with E-state index in [-0.39, 0.29) is 75.5 Å². The first kappa shape index (κ1) is 56.5. The predicted octanol–water partition coefficient (Wildman–Crippen LogP) is 5.00. The van der Waals surface area contributed by atoms with E-state index in [4.69, 9.17) is 16.4 Å². The first-order chi connectivity index (χ1) is 22.5. The molecule has 0 bridgehead atoms. The number of aromatic nitrogens is 4. The van der Waals surface area contributed by atoms with Gasteiger partial charge in [-0.3, -0.25) is 14.4 Å². The first-order valence-corrected chi connectivity index (χ1v) is 21.1. The third-order valence-corrected chi connectivity index (χ3v) is 14.4. The van der Waals surface area contributed by atoms with Crippen molar-refractivity contribution in [2.75, 3.05) is 49.9 Å². The van der Waals surface area contributed by atoms with E-state index in [0.29, 0.717) is 5.13 Å². The lowest BCUT2D eigenvalue weighted by molar-refractivity contribution is -0.115. The molecule has 0 aliphatic heterocycles. The second kappa shape index (κ2) is 25.0. The Morgan fingerprint density at radius 1 is 0.623 bits per heavy atom. The van der Waals surface area contributed by atoms with E-state index in [1.807, 2.05) is 5.38 Å². The molecule has 304 valence electrons. The molecule has 27 heteroatoms. The van der Waals surface area contributed by atoms with Gasteiger partial charge in [0.05, 0.1) is 18.6 Å². The highest BCUT2D eigenvalue weighted by molar-refractivity contribution is 8.15. The average molecular weight is 904 g/mol. The number of nitrogens with zero attached hydrogens (tertiary/aromatic N) is 6. The smallest absolute Gasteiger partial charge is 0.272 e. The van der Waals surface area contributed by atoms with Crippen molar-refractivity contribution in [1.82, 2.24) is 28.5 Å². The third-order valence-electron chi connectivity index (χ3n) is 4.46. The van der Waals surface area contributed by atoms with E-state index in [9.17, 15) is 39.6 Å². The number of nitrogen functional groups attached to an aromatic ring is 1.